The van der Waals surface area contributed by atoms with Gasteiger partial charge in [-0.2, -0.15) is 0 Å². The van der Waals surface area contributed by atoms with Crippen molar-refractivity contribution < 1.29 is 27.2 Å². The quantitative estimate of drug-likeness (QED) is 0.409. The highest BCUT2D eigenvalue weighted by atomic mass is 32.2. The summed E-state index contributed by atoms with van der Waals surface area (Å²) >= 11 is 0. The fraction of sp³-hybridized carbons (Fsp3) is 0.0870. The Bertz CT molecular complexity index is 1380. The Hall–Kier alpha value is -4.25. The van der Waals surface area contributed by atoms with Crippen LogP contribution in [0.25, 0.3) is 0 Å². The van der Waals surface area contributed by atoms with Gasteiger partial charge in [-0.1, -0.05) is 12.1 Å². The van der Waals surface area contributed by atoms with Gasteiger partial charge in [-0.25, -0.2) is 12.8 Å². The molecule has 0 aliphatic rings. The van der Waals surface area contributed by atoms with E-state index in [1.165, 1.54) is 44.4 Å². The number of carbonyl (C=O) groups excluding carboxylic acids is 3. The number of carbonyl (C=O) groups is 3. The fourth-order valence-corrected chi connectivity index (χ4v) is 4.17. The molecule has 3 aromatic rings. The number of sulfonamides is 1. The Morgan fingerprint density at radius 2 is 1.24 bits per heavy atom. The number of nitrogens with one attached hydrogen (secondary N) is 4. The number of benzene rings is 3. The standard InChI is InChI=1S/C23H21FN4O5S/c1-25-21(29)14-5-3-7-17(11-14)27-23(31)16-9-10-19(24)20(13-16)34(32,33)28-18-8-4-6-15(12-18)22(30)26-2/h3-13,28H,1-2H3,(H,25,29)(H,26,30)(H,27,31). The molecule has 0 spiro atoms. The highest BCUT2D eigenvalue weighted by Gasteiger charge is 2.22. The van der Waals surface area contributed by atoms with Crippen molar-refractivity contribution >= 4 is 39.1 Å². The minimum atomic E-state index is -4.43. The molecule has 0 bridgehead atoms. The second kappa shape index (κ2) is 10.1. The Labute approximate surface area is 195 Å². The maximum atomic E-state index is 14.4. The minimum Gasteiger partial charge on any atom is -0.355 e. The van der Waals surface area contributed by atoms with E-state index in [0.29, 0.717) is 11.3 Å². The first-order valence-corrected chi connectivity index (χ1v) is 11.4. The first-order chi connectivity index (χ1) is 16.1. The number of anilines is 2. The number of rotatable bonds is 7. The Morgan fingerprint density at radius 3 is 1.82 bits per heavy atom. The van der Waals surface area contributed by atoms with Crippen molar-refractivity contribution in [3.05, 3.63) is 89.2 Å². The van der Waals surface area contributed by atoms with E-state index in [1.807, 2.05) is 0 Å². The second-order valence-electron chi connectivity index (χ2n) is 7.02. The topological polar surface area (TPSA) is 133 Å². The molecule has 0 heterocycles. The van der Waals surface area contributed by atoms with Gasteiger partial charge in [0.25, 0.3) is 27.7 Å². The van der Waals surface area contributed by atoms with Crippen molar-refractivity contribution in [1.82, 2.24) is 10.6 Å². The third-order valence-electron chi connectivity index (χ3n) is 4.70. The molecule has 3 amide bonds. The van der Waals surface area contributed by atoms with Crippen LogP contribution in [0.15, 0.2) is 71.6 Å². The van der Waals surface area contributed by atoms with Gasteiger partial charge in [-0.3, -0.25) is 19.1 Å². The molecule has 34 heavy (non-hydrogen) atoms. The Balaban J connectivity index is 1.86. The number of amides is 3. The van der Waals surface area contributed by atoms with Crippen LogP contribution in [-0.4, -0.2) is 40.2 Å². The normalized spacial score (nSPS) is 10.8. The molecule has 0 aromatic heterocycles. The third-order valence-corrected chi connectivity index (χ3v) is 6.09. The summed E-state index contributed by atoms with van der Waals surface area (Å²) in [5, 5.41) is 7.44. The van der Waals surface area contributed by atoms with Crippen LogP contribution < -0.4 is 20.7 Å². The Kier molecular flexibility index (Phi) is 7.27. The smallest absolute Gasteiger partial charge is 0.264 e. The van der Waals surface area contributed by atoms with Gasteiger partial charge in [0.15, 0.2) is 0 Å². The van der Waals surface area contributed by atoms with E-state index in [9.17, 15) is 27.2 Å². The second-order valence-corrected chi connectivity index (χ2v) is 8.68. The van der Waals surface area contributed by atoms with Crippen LogP contribution >= 0.6 is 0 Å². The first kappa shape index (κ1) is 24.4. The average molecular weight is 485 g/mol. The maximum Gasteiger partial charge on any atom is 0.264 e. The maximum absolute atomic E-state index is 14.4. The largest absolute Gasteiger partial charge is 0.355 e. The number of halogens is 1. The van der Waals surface area contributed by atoms with Crippen LogP contribution in [0.1, 0.15) is 31.1 Å². The lowest BCUT2D eigenvalue weighted by molar-refractivity contribution is 0.0955. The van der Waals surface area contributed by atoms with Crippen molar-refractivity contribution in [3.8, 4) is 0 Å². The molecule has 0 aliphatic carbocycles. The summed E-state index contributed by atoms with van der Waals surface area (Å²) in [6.45, 7) is 0. The highest BCUT2D eigenvalue weighted by Crippen LogP contribution is 2.22. The molecule has 0 saturated carbocycles. The molecule has 3 aromatic carbocycles. The average Bonchev–Trinajstić information content (AvgIpc) is 2.83. The molecule has 0 radical (unpaired) electrons. The van der Waals surface area contributed by atoms with Crippen molar-refractivity contribution in [2.45, 2.75) is 4.90 Å². The summed E-state index contributed by atoms with van der Waals surface area (Å²) < 4.78 is 42.3. The van der Waals surface area contributed by atoms with Crippen molar-refractivity contribution in [2.75, 3.05) is 24.1 Å². The third kappa shape index (κ3) is 5.56. The fourth-order valence-electron chi connectivity index (χ4n) is 3.01. The van der Waals surface area contributed by atoms with Crippen molar-refractivity contribution in [2.24, 2.45) is 0 Å². The van der Waals surface area contributed by atoms with E-state index < -0.39 is 32.6 Å². The van der Waals surface area contributed by atoms with Gasteiger partial charge in [0, 0.05) is 42.2 Å². The van der Waals surface area contributed by atoms with Crippen LogP contribution in [0, 0.1) is 5.82 Å². The van der Waals surface area contributed by atoms with E-state index >= 15 is 0 Å². The molecule has 176 valence electrons. The predicted octanol–water partition coefficient (Wildman–Crippen LogP) is 2.60. The molecule has 4 N–H and O–H groups in total. The summed E-state index contributed by atoms with van der Waals surface area (Å²) in [6.07, 6.45) is 0. The molecule has 0 saturated heterocycles. The van der Waals surface area contributed by atoms with Crippen LogP contribution in [0.4, 0.5) is 15.8 Å². The van der Waals surface area contributed by atoms with E-state index in [4.69, 9.17) is 0 Å². The number of hydrogen-bond acceptors (Lipinski definition) is 5. The Morgan fingerprint density at radius 1 is 0.706 bits per heavy atom. The van der Waals surface area contributed by atoms with Crippen molar-refractivity contribution in [3.63, 3.8) is 0 Å². The van der Waals surface area contributed by atoms with Gasteiger partial charge in [0.05, 0.1) is 0 Å². The lowest BCUT2D eigenvalue weighted by Crippen LogP contribution is -2.20. The van der Waals surface area contributed by atoms with Crippen LogP contribution in [0.5, 0.6) is 0 Å². The van der Waals surface area contributed by atoms with E-state index in [0.717, 1.165) is 18.2 Å². The molecular formula is C23H21FN4O5S. The van der Waals surface area contributed by atoms with Crippen molar-refractivity contribution in [1.29, 1.82) is 0 Å². The van der Waals surface area contributed by atoms with Gasteiger partial charge in [-0.05, 0) is 54.6 Å². The molecule has 9 nitrogen and oxygen atoms in total. The van der Waals surface area contributed by atoms with E-state index in [-0.39, 0.29) is 22.7 Å². The summed E-state index contributed by atoms with van der Waals surface area (Å²) in [4.78, 5) is 35.5. The molecule has 0 fully saturated rings. The van der Waals surface area contributed by atoms with Crippen LogP contribution in [0.3, 0.4) is 0 Å². The highest BCUT2D eigenvalue weighted by molar-refractivity contribution is 7.92. The zero-order chi connectivity index (χ0) is 24.9. The SMILES string of the molecule is CNC(=O)c1cccc(NC(=O)c2ccc(F)c(S(=O)(=O)Nc3cccc(C(=O)NC)c3)c2)c1. The molecule has 0 aliphatic heterocycles. The number of hydrogen-bond donors (Lipinski definition) is 4. The molecule has 11 heteroatoms. The molecular weight excluding hydrogens is 463 g/mol. The summed E-state index contributed by atoms with van der Waals surface area (Å²) in [7, 11) is -1.53. The van der Waals surface area contributed by atoms with Crippen LogP contribution in [-0.2, 0) is 10.0 Å². The lowest BCUT2D eigenvalue weighted by atomic mass is 10.1. The summed E-state index contributed by atoms with van der Waals surface area (Å²) in [5.41, 5.74) is 0.734. The van der Waals surface area contributed by atoms with Gasteiger partial charge >= 0.3 is 0 Å². The molecule has 3 rings (SSSR count). The van der Waals surface area contributed by atoms with Gasteiger partial charge in [-0.15, -0.1) is 0 Å². The van der Waals surface area contributed by atoms with E-state index in [2.05, 4.69) is 20.7 Å². The van der Waals surface area contributed by atoms with Crippen LogP contribution in [0.2, 0.25) is 0 Å². The first-order valence-electron chi connectivity index (χ1n) is 9.92. The zero-order valence-corrected chi connectivity index (χ0v) is 19.0. The molecule has 0 unspecified atom stereocenters. The van der Waals surface area contributed by atoms with E-state index in [1.54, 1.807) is 18.2 Å². The van der Waals surface area contributed by atoms with Gasteiger partial charge < -0.3 is 16.0 Å². The minimum absolute atomic E-state index is 0.0429. The zero-order valence-electron chi connectivity index (χ0n) is 18.2. The van der Waals surface area contributed by atoms with Gasteiger partial charge in [0.2, 0.25) is 0 Å². The summed E-state index contributed by atoms with van der Waals surface area (Å²) in [6, 6.07) is 14.7. The lowest BCUT2D eigenvalue weighted by Gasteiger charge is -2.12. The predicted molar refractivity (Wildman–Crippen MR) is 125 cm³/mol. The molecule has 0 atom stereocenters. The summed E-state index contributed by atoms with van der Waals surface area (Å²) in [5.74, 6) is -2.54. The monoisotopic (exact) mass is 484 g/mol. The van der Waals surface area contributed by atoms with Gasteiger partial charge in [0.1, 0.15) is 10.7 Å².